The molecule has 19 heavy (non-hydrogen) atoms. The van der Waals surface area contributed by atoms with E-state index in [4.69, 9.17) is 0 Å². The summed E-state index contributed by atoms with van der Waals surface area (Å²) in [6.45, 7) is 2.86. The van der Waals surface area contributed by atoms with Crippen LogP contribution >= 0.6 is 0 Å². The van der Waals surface area contributed by atoms with Crippen LogP contribution in [0.5, 0.6) is 0 Å². The van der Waals surface area contributed by atoms with Gasteiger partial charge in [-0.05, 0) is 24.2 Å². The molecule has 0 aromatic carbocycles. The monoisotopic (exact) mass is 264 g/mol. The Morgan fingerprint density at radius 1 is 1.47 bits per heavy atom. The van der Waals surface area contributed by atoms with E-state index in [0.717, 1.165) is 13.0 Å². The Balaban J connectivity index is 2.18. The molecule has 7 heteroatoms. The van der Waals surface area contributed by atoms with Crippen molar-refractivity contribution in [2.24, 2.45) is 7.05 Å². The van der Waals surface area contributed by atoms with Crippen LogP contribution in [-0.2, 0) is 13.5 Å². The molecule has 2 rings (SSSR count). The fourth-order valence-electron chi connectivity index (χ4n) is 1.87. The molecule has 0 aliphatic carbocycles. The summed E-state index contributed by atoms with van der Waals surface area (Å²) >= 11 is 0. The SMILES string of the molecule is CCCNC(Cc1nnn(C)n1)c1ccncc1F. The number of hydrogen-bond acceptors (Lipinski definition) is 5. The van der Waals surface area contributed by atoms with Gasteiger partial charge in [-0.3, -0.25) is 4.98 Å². The molecule has 1 atom stereocenters. The van der Waals surface area contributed by atoms with Gasteiger partial charge in [0, 0.05) is 24.2 Å². The Hall–Kier alpha value is -1.89. The van der Waals surface area contributed by atoms with Crippen LogP contribution in [0.15, 0.2) is 18.5 Å². The first-order valence-corrected chi connectivity index (χ1v) is 6.26. The second-order valence-corrected chi connectivity index (χ2v) is 4.30. The van der Waals surface area contributed by atoms with Gasteiger partial charge in [-0.2, -0.15) is 4.80 Å². The zero-order chi connectivity index (χ0) is 13.7. The highest BCUT2D eigenvalue weighted by molar-refractivity contribution is 5.18. The molecule has 2 aromatic rings. The number of nitrogens with one attached hydrogen (secondary N) is 1. The van der Waals surface area contributed by atoms with Gasteiger partial charge in [-0.1, -0.05) is 6.92 Å². The van der Waals surface area contributed by atoms with E-state index < -0.39 is 0 Å². The largest absolute Gasteiger partial charge is 0.309 e. The molecule has 0 spiro atoms. The summed E-state index contributed by atoms with van der Waals surface area (Å²) < 4.78 is 13.8. The number of halogens is 1. The van der Waals surface area contributed by atoms with Crippen LogP contribution in [0.25, 0.3) is 0 Å². The van der Waals surface area contributed by atoms with E-state index in [9.17, 15) is 4.39 Å². The van der Waals surface area contributed by atoms with Gasteiger partial charge in [-0.15, -0.1) is 10.2 Å². The summed E-state index contributed by atoms with van der Waals surface area (Å²) in [5.74, 6) is 0.271. The second-order valence-electron chi connectivity index (χ2n) is 4.30. The van der Waals surface area contributed by atoms with Crippen molar-refractivity contribution in [3.8, 4) is 0 Å². The normalized spacial score (nSPS) is 12.6. The van der Waals surface area contributed by atoms with Crippen LogP contribution in [0.4, 0.5) is 4.39 Å². The standard InChI is InChI=1S/C12H17FN6/c1-3-5-15-11(7-12-16-18-19(2)17-12)9-4-6-14-8-10(9)13/h4,6,8,11,15H,3,5,7H2,1-2H3. The van der Waals surface area contributed by atoms with Crippen molar-refractivity contribution < 1.29 is 4.39 Å². The van der Waals surface area contributed by atoms with E-state index in [1.54, 1.807) is 19.3 Å². The molecule has 2 aromatic heterocycles. The van der Waals surface area contributed by atoms with Gasteiger partial charge in [-0.25, -0.2) is 4.39 Å². The van der Waals surface area contributed by atoms with Crippen LogP contribution in [0, 0.1) is 5.82 Å². The first-order chi connectivity index (χ1) is 9.20. The van der Waals surface area contributed by atoms with Crippen molar-refractivity contribution in [2.75, 3.05) is 6.54 Å². The summed E-state index contributed by atoms with van der Waals surface area (Å²) in [6.07, 6.45) is 4.27. The summed E-state index contributed by atoms with van der Waals surface area (Å²) in [5, 5.41) is 15.2. The summed E-state index contributed by atoms with van der Waals surface area (Å²) in [6, 6.07) is 1.51. The second kappa shape index (κ2) is 6.33. The lowest BCUT2D eigenvalue weighted by Gasteiger charge is -2.17. The van der Waals surface area contributed by atoms with Crippen molar-refractivity contribution in [2.45, 2.75) is 25.8 Å². The van der Waals surface area contributed by atoms with Crippen LogP contribution < -0.4 is 5.32 Å². The van der Waals surface area contributed by atoms with E-state index in [1.807, 2.05) is 0 Å². The van der Waals surface area contributed by atoms with Gasteiger partial charge < -0.3 is 5.32 Å². The molecule has 102 valence electrons. The maximum atomic E-state index is 13.8. The average molecular weight is 264 g/mol. The van der Waals surface area contributed by atoms with E-state index in [0.29, 0.717) is 17.8 Å². The highest BCUT2D eigenvalue weighted by atomic mass is 19.1. The van der Waals surface area contributed by atoms with Crippen LogP contribution in [0.3, 0.4) is 0 Å². The lowest BCUT2D eigenvalue weighted by molar-refractivity contribution is 0.486. The lowest BCUT2D eigenvalue weighted by Crippen LogP contribution is -2.25. The third-order valence-electron chi connectivity index (χ3n) is 2.76. The van der Waals surface area contributed by atoms with Gasteiger partial charge in [0.15, 0.2) is 5.82 Å². The maximum Gasteiger partial charge on any atom is 0.176 e. The fraction of sp³-hybridized carbons (Fsp3) is 0.500. The number of aromatic nitrogens is 5. The van der Waals surface area contributed by atoms with Crippen molar-refractivity contribution >= 4 is 0 Å². The Bertz CT molecular complexity index is 526. The highest BCUT2D eigenvalue weighted by Gasteiger charge is 2.18. The van der Waals surface area contributed by atoms with Crippen molar-refractivity contribution in [3.63, 3.8) is 0 Å². The number of tetrazole rings is 1. The van der Waals surface area contributed by atoms with E-state index in [-0.39, 0.29) is 11.9 Å². The van der Waals surface area contributed by atoms with Gasteiger partial charge >= 0.3 is 0 Å². The fourth-order valence-corrected chi connectivity index (χ4v) is 1.87. The maximum absolute atomic E-state index is 13.8. The molecule has 2 heterocycles. The van der Waals surface area contributed by atoms with E-state index in [1.165, 1.54) is 11.0 Å². The van der Waals surface area contributed by atoms with Gasteiger partial charge in [0.1, 0.15) is 5.82 Å². The molecule has 0 aliphatic heterocycles. The molecule has 0 aliphatic rings. The number of pyridine rings is 1. The van der Waals surface area contributed by atoms with E-state index >= 15 is 0 Å². The number of aryl methyl sites for hydroxylation is 1. The zero-order valence-corrected chi connectivity index (χ0v) is 11.0. The Kier molecular flexibility index (Phi) is 4.51. The average Bonchev–Trinajstić information content (AvgIpc) is 2.81. The first kappa shape index (κ1) is 13.5. The molecule has 0 fully saturated rings. The van der Waals surface area contributed by atoms with Crippen LogP contribution in [0.1, 0.15) is 30.8 Å². The molecule has 0 amide bonds. The van der Waals surface area contributed by atoms with Gasteiger partial charge in [0.05, 0.1) is 13.2 Å². The Morgan fingerprint density at radius 2 is 2.32 bits per heavy atom. The summed E-state index contributed by atoms with van der Waals surface area (Å²) in [4.78, 5) is 5.17. The first-order valence-electron chi connectivity index (χ1n) is 6.26. The summed E-state index contributed by atoms with van der Waals surface area (Å²) in [5.41, 5.74) is 0.580. The minimum Gasteiger partial charge on any atom is -0.309 e. The molecule has 0 saturated heterocycles. The van der Waals surface area contributed by atoms with Crippen molar-refractivity contribution in [3.05, 3.63) is 35.7 Å². The molecular formula is C12H17FN6. The molecular weight excluding hydrogens is 247 g/mol. The smallest absolute Gasteiger partial charge is 0.176 e. The number of rotatable bonds is 6. The molecule has 1 unspecified atom stereocenters. The molecule has 6 nitrogen and oxygen atoms in total. The molecule has 1 N–H and O–H groups in total. The van der Waals surface area contributed by atoms with Crippen molar-refractivity contribution in [1.29, 1.82) is 0 Å². The van der Waals surface area contributed by atoms with E-state index in [2.05, 4.69) is 32.6 Å². The minimum atomic E-state index is -0.319. The van der Waals surface area contributed by atoms with Crippen molar-refractivity contribution in [1.82, 2.24) is 30.5 Å². The zero-order valence-electron chi connectivity index (χ0n) is 11.0. The Morgan fingerprint density at radius 3 is 2.95 bits per heavy atom. The topological polar surface area (TPSA) is 68.5 Å². The predicted molar refractivity (Wildman–Crippen MR) is 67.7 cm³/mol. The quantitative estimate of drug-likeness (QED) is 0.844. The summed E-state index contributed by atoms with van der Waals surface area (Å²) in [7, 11) is 1.71. The van der Waals surface area contributed by atoms with Crippen LogP contribution in [-0.4, -0.2) is 31.7 Å². The van der Waals surface area contributed by atoms with Crippen LogP contribution in [0.2, 0.25) is 0 Å². The molecule has 0 bridgehead atoms. The Labute approximate surface area is 111 Å². The molecule has 0 saturated carbocycles. The van der Waals surface area contributed by atoms with Gasteiger partial charge in [0.25, 0.3) is 0 Å². The number of nitrogens with zero attached hydrogens (tertiary/aromatic N) is 5. The third kappa shape index (κ3) is 3.54. The molecule has 0 radical (unpaired) electrons. The predicted octanol–water partition coefficient (Wildman–Crippen LogP) is 1.03. The highest BCUT2D eigenvalue weighted by Crippen LogP contribution is 2.19. The lowest BCUT2D eigenvalue weighted by atomic mass is 10.0. The number of hydrogen-bond donors (Lipinski definition) is 1. The minimum absolute atomic E-state index is 0.174. The van der Waals surface area contributed by atoms with Gasteiger partial charge in [0.2, 0.25) is 0 Å². The third-order valence-corrected chi connectivity index (χ3v) is 2.76.